The van der Waals surface area contributed by atoms with E-state index in [2.05, 4.69) is 4.99 Å². The molecule has 0 spiro atoms. The van der Waals surface area contributed by atoms with Gasteiger partial charge in [0.1, 0.15) is 5.82 Å². The average molecular weight is 294 g/mol. The van der Waals surface area contributed by atoms with Gasteiger partial charge in [0.05, 0.1) is 11.6 Å². The Morgan fingerprint density at radius 2 is 2.30 bits per heavy atom. The van der Waals surface area contributed by atoms with Gasteiger partial charge in [0.15, 0.2) is 4.80 Å². The summed E-state index contributed by atoms with van der Waals surface area (Å²) in [6.07, 6.45) is 2.22. The van der Waals surface area contributed by atoms with Gasteiger partial charge in [-0.05, 0) is 18.6 Å². The first-order valence-corrected chi connectivity index (χ1v) is 7.08. The summed E-state index contributed by atoms with van der Waals surface area (Å²) >= 11 is 1.45. The van der Waals surface area contributed by atoms with E-state index in [1.54, 1.807) is 13.0 Å². The number of benzene rings is 1. The third kappa shape index (κ3) is 2.96. The molecule has 1 unspecified atom stereocenters. The first kappa shape index (κ1) is 14.5. The molecule has 1 N–H and O–H groups in total. The highest BCUT2D eigenvalue weighted by Gasteiger charge is 2.21. The summed E-state index contributed by atoms with van der Waals surface area (Å²) < 4.78 is 15.9. The third-order valence-corrected chi connectivity index (χ3v) is 3.90. The summed E-state index contributed by atoms with van der Waals surface area (Å²) in [6, 6.07) is 4.43. The van der Waals surface area contributed by atoms with Crippen molar-refractivity contribution in [3.8, 4) is 0 Å². The number of halogens is 1. The van der Waals surface area contributed by atoms with Crippen molar-refractivity contribution in [3.63, 3.8) is 0 Å². The Bertz CT molecular complexity index is 690. The van der Waals surface area contributed by atoms with E-state index in [4.69, 9.17) is 5.11 Å². The van der Waals surface area contributed by atoms with Crippen molar-refractivity contribution in [2.75, 3.05) is 0 Å². The van der Waals surface area contributed by atoms with Gasteiger partial charge in [-0.1, -0.05) is 13.0 Å². The van der Waals surface area contributed by atoms with Crippen LogP contribution in [0.4, 0.5) is 10.1 Å². The fourth-order valence-electron chi connectivity index (χ4n) is 1.94. The molecule has 2 aromatic rings. The van der Waals surface area contributed by atoms with E-state index >= 15 is 0 Å². The third-order valence-electron chi connectivity index (χ3n) is 3.05. The smallest absolute Gasteiger partial charge is 0.311 e. The molecule has 0 bridgehead atoms. The van der Waals surface area contributed by atoms with Crippen LogP contribution >= 0.6 is 11.3 Å². The van der Waals surface area contributed by atoms with Crippen LogP contribution in [0.5, 0.6) is 0 Å². The summed E-state index contributed by atoms with van der Waals surface area (Å²) in [5.74, 6) is -2.36. The Hall–Kier alpha value is -1.95. The molecule has 106 valence electrons. The largest absolute Gasteiger partial charge is 0.481 e. The molecule has 1 atom stereocenters. The van der Waals surface area contributed by atoms with Gasteiger partial charge in [0.2, 0.25) is 0 Å². The van der Waals surface area contributed by atoms with Crippen molar-refractivity contribution in [3.05, 3.63) is 46.0 Å². The molecule has 0 fully saturated rings. The van der Waals surface area contributed by atoms with Crippen molar-refractivity contribution in [2.24, 2.45) is 12.0 Å². The summed E-state index contributed by atoms with van der Waals surface area (Å²) in [6.45, 7) is 1.72. The minimum Gasteiger partial charge on any atom is -0.481 e. The van der Waals surface area contributed by atoms with E-state index in [0.29, 0.717) is 12.1 Å². The topological polar surface area (TPSA) is 54.6 Å². The minimum absolute atomic E-state index is 0.203. The fourth-order valence-corrected chi connectivity index (χ4v) is 2.69. The van der Waals surface area contributed by atoms with Gasteiger partial charge in [-0.15, -0.1) is 11.3 Å². The van der Waals surface area contributed by atoms with E-state index in [1.165, 1.54) is 23.5 Å². The number of nitrogens with zero attached hydrogens (tertiary/aromatic N) is 2. The van der Waals surface area contributed by atoms with E-state index in [9.17, 15) is 9.18 Å². The summed E-state index contributed by atoms with van der Waals surface area (Å²) in [4.78, 5) is 16.2. The molecule has 20 heavy (non-hydrogen) atoms. The predicted octanol–water partition coefficient (Wildman–Crippen LogP) is 3.04. The number of rotatable bonds is 4. The first-order valence-electron chi connectivity index (χ1n) is 6.20. The lowest BCUT2D eigenvalue weighted by Crippen LogP contribution is -2.12. The molecule has 0 amide bonds. The molecule has 1 aromatic carbocycles. The number of hydrogen-bond acceptors (Lipinski definition) is 3. The van der Waals surface area contributed by atoms with Gasteiger partial charge in [-0.3, -0.25) is 4.79 Å². The van der Waals surface area contributed by atoms with Crippen LogP contribution in [0.2, 0.25) is 0 Å². The number of carboxylic acids is 1. The highest BCUT2D eigenvalue weighted by Crippen LogP contribution is 2.26. The lowest BCUT2D eigenvalue weighted by atomic mass is 9.96. The Labute approximate surface area is 119 Å². The lowest BCUT2D eigenvalue weighted by Gasteiger charge is -2.11. The highest BCUT2D eigenvalue weighted by molar-refractivity contribution is 7.07. The number of hydrogen-bond donors (Lipinski definition) is 1. The Morgan fingerprint density at radius 1 is 1.55 bits per heavy atom. The Kier molecular flexibility index (Phi) is 4.34. The van der Waals surface area contributed by atoms with E-state index in [1.807, 2.05) is 23.2 Å². The first-order chi connectivity index (χ1) is 9.52. The van der Waals surface area contributed by atoms with Crippen molar-refractivity contribution < 1.29 is 14.3 Å². The molecular weight excluding hydrogens is 279 g/mol. The van der Waals surface area contributed by atoms with E-state index in [0.717, 1.165) is 4.80 Å². The molecule has 1 heterocycles. The molecule has 0 radical (unpaired) electrons. The second-order valence-corrected chi connectivity index (χ2v) is 5.29. The number of carbonyl (C=O) groups is 1. The summed E-state index contributed by atoms with van der Waals surface area (Å²) in [7, 11) is 1.86. The highest BCUT2D eigenvalue weighted by atomic mass is 32.1. The van der Waals surface area contributed by atoms with Crippen LogP contribution in [0.25, 0.3) is 0 Å². The number of aromatic nitrogens is 1. The van der Waals surface area contributed by atoms with Crippen molar-refractivity contribution >= 4 is 23.0 Å². The zero-order valence-electron chi connectivity index (χ0n) is 11.2. The molecule has 1 aromatic heterocycles. The molecular formula is C14H15FN2O2S. The molecule has 0 aliphatic rings. The van der Waals surface area contributed by atoms with Crippen molar-refractivity contribution in [2.45, 2.75) is 19.3 Å². The number of carboxylic acid groups (broad SMARTS) is 1. The summed E-state index contributed by atoms with van der Waals surface area (Å²) in [5.41, 5.74) is 0.680. The lowest BCUT2D eigenvalue weighted by molar-refractivity contribution is -0.138. The fraction of sp³-hybridized carbons (Fsp3) is 0.286. The molecule has 0 aliphatic heterocycles. The molecule has 4 nitrogen and oxygen atoms in total. The van der Waals surface area contributed by atoms with Crippen LogP contribution in [0.3, 0.4) is 0 Å². The Balaban J connectivity index is 2.40. The van der Waals surface area contributed by atoms with Crippen molar-refractivity contribution in [1.82, 2.24) is 4.57 Å². The maximum Gasteiger partial charge on any atom is 0.311 e. The predicted molar refractivity (Wildman–Crippen MR) is 75.6 cm³/mol. The molecule has 2 rings (SSSR count). The van der Waals surface area contributed by atoms with Crippen LogP contribution in [0.1, 0.15) is 24.8 Å². The van der Waals surface area contributed by atoms with Crippen molar-refractivity contribution in [1.29, 1.82) is 0 Å². The molecule has 6 heteroatoms. The van der Waals surface area contributed by atoms with Crippen LogP contribution < -0.4 is 4.80 Å². The van der Waals surface area contributed by atoms with E-state index < -0.39 is 17.7 Å². The van der Waals surface area contributed by atoms with Gasteiger partial charge in [-0.2, -0.15) is 0 Å². The van der Waals surface area contributed by atoms with Gasteiger partial charge >= 0.3 is 5.97 Å². The van der Waals surface area contributed by atoms with E-state index in [-0.39, 0.29) is 5.56 Å². The van der Waals surface area contributed by atoms with Crippen LogP contribution in [-0.4, -0.2) is 15.6 Å². The number of thiazole rings is 1. The zero-order valence-corrected chi connectivity index (χ0v) is 12.0. The zero-order chi connectivity index (χ0) is 14.7. The van der Waals surface area contributed by atoms with Gasteiger partial charge in [0, 0.05) is 24.2 Å². The normalized spacial score (nSPS) is 13.4. The van der Waals surface area contributed by atoms with Gasteiger partial charge < -0.3 is 9.67 Å². The maximum atomic E-state index is 14.1. The van der Waals surface area contributed by atoms with Crippen LogP contribution in [-0.2, 0) is 11.8 Å². The average Bonchev–Trinajstić information content (AvgIpc) is 2.78. The second-order valence-electron chi connectivity index (χ2n) is 4.41. The van der Waals surface area contributed by atoms with Crippen LogP contribution in [0.15, 0.2) is 34.8 Å². The van der Waals surface area contributed by atoms with Gasteiger partial charge in [0.25, 0.3) is 0 Å². The quantitative estimate of drug-likeness (QED) is 0.942. The van der Waals surface area contributed by atoms with Gasteiger partial charge in [-0.25, -0.2) is 9.38 Å². The Morgan fingerprint density at radius 3 is 2.80 bits per heavy atom. The number of aliphatic carboxylic acids is 1. The monoisotopic (exact) mass is 294 g/mol. The second kappa shape index (κ2) is 6.00. The maximum absolute atomic E-state index is 14.1. The minimum atomic E-state index is -1.01. The molecule has 0 saturated carbocycles. The standard InChI is InChI=1S/C14H15FN2O2S/c1-3-10(13(18)19)11-5-4-9(8-12(11)15)16-14-17(2)6-7-20-14/h4-8,10H,3H2,1-2H3,(H,18,19)/b16-14-. The molecule has 0 saturated heterocycles. The van der Waals surface area contributed by atoms with Crippen LogP contribution in [0, 0.1) is 5.82 Å². The summed E-state index contributed by atoms with van der Waals surface area (Å²) in [5, 5.41) is 11.0. The number of aryl methyl sites for hydroxylation is 1. The molecule has 0 aliphatic carbocycles. The SMILES string of the molecule is CCC(C(=O)O)c1ccc(/N=c2\sccn2C)cc1F.